The van der Waals surface area contributed by atoms with Crippen LogP contribution in [0.3, 0.4) is 0 Å². The van der Waals surface area contributed by atoms with Gasteiger partial charge in [-0.3, -0.25) is 14.9 Å². The van der Waals surface area contributed by atoms with E-state index in [1.165, 1.54) is 29.2 Å². The topological polar surface area (TPSA) is 98.0 Å². The van der Waals surface area contributed by atoms with Crippen LogP contribution in [0.25, 0.3) is 0 Å². The van der Waals surface area contributed by atoms with Crippen LogP contribution in [0.5, 0.6) is 0 Å². The molecule has 0 aliphatic heterocycles. The monoisotopic (exact) mass is 400 g/mol. The average Bonchev–Trinajstić information content (AvgIpc) is 3.06. The van der Waals surface area contributed by atoms with Crippen molar-refractivity contribution in [2.45, 2.75) is 23.4 Å². The molecule has 2 aromatic carbocycles. The van der Waals surface area contributed by atoms with E-state index < -0.39 is 10.2 Å². The van der Waals surface area contributed by atoms with Gasteiger partial charge in [0.05, 0.1) is 4.92 Å². The number of carbonyl (C=O) groups excluding carboxylic acids is 1. The molecule has 0 saturated heterocycles. The van der Waals surface area contributed by atoms with Gasteiger partial charge in [-0.25, -0.2) is 0 Å². The van der Waals surface area contributed by atoms with E-state index >= 15 is 0 Å². The number of nitrogens with one attached hydrogen (secondary N) is 1. The van der Waals surface area contributed by atoms with E-state index in [0.717, 1.165) is 16.1 Å². The lowest BCUT2D eigenvalue weighted by atomic mass is 10.1. The number of amides is 1. The molecule has 0 saturated carbocycles. The van der Waals surface area contributed by atoms with E-state index in [0.29, 0.717) is 4.34 Å². The van der Waals surface area contributed by atoms with Crippen molar-refractivity contribution in [3.05, 3.63) is 74.8 Å². The highest BCUT2D eigenvalue weighted by Gasteiger charge is 2.26. The van der Waals surface area contributed by atoms with Crippen LogP contribution in [-0.2, 0) is 4.79 Å². The average molecular weight is 400 g/mol. The first-order valence-corrected chi connectivity index (χ1v) is 9.71. The molecule has 27 heavy (non-hydrogen) atoms. The number of hydrogen-bond donors (Lipinski definition) is 1. The molecule has 0 bridgehead atoms. The van der Waals surface area contributed by atoms with Gasteiger partial charge in [-0.05, 0) is 31.0 Å². The van der Waals surface area contributed by atoms with E-state index in [4.69, 9.17) is 0 Å². The Morgan fingerprint density at radius 3 is 2.56 bits per heavy atom. The first kappa shape index (κ1) is 19.0. The fourth-order valence-electron chi connectivity index (χ4n) is 2.42. The Labute approximate surface area is 164 Å². The molecule has 7 nitrogen and oxygen atoms in total. The molecule has 1 aromatic heterocycles. The zero-order chi connectivity index (χ0) is 19.4. The predicted molar refractivity (Wildman–Crippen MR) is 106 cm³/mol. The maximum absolute atomic E-state index is 13.0. The summed E-state index contributed by atoms with van der Waals surface area (Å²) in [5, 5.41) is 22.3. The summed E-state index contributed by atoms with van der Waals surface area (Å²) in [7, 11) is 0. The highest BCUT2D eigenvalue weighted by Crippen LogP contribution is 2.38. The van der Waals surface area contributed by atoms with E-state index in [-0.39, 0.29) is 17.3 Å². The number of aryl methyl sites for hydroxylation is 2. The molecule has 0 radical (unpaired) electrons. The number of carbonyl (C=O) groups is 1. The predicted octanol–water partition coefficient (Wildman–Crippen LogP) is 4.54. The Kier molecular flexibility index (Phi) is 5.82. The van der Waals surface area contributed by atoms with E-state index in [9.17, 15) is 14.9 Å². The fraction of sp³-hybridized carbons (Fsp3) is 0.167. The molecular formula is C18H16N4O3S2. The Balaban J connectivity index is 1.91. The van der Waals surface area contributed by atoms with Gasteiger partial charge in [0.2, 0.25) is 5.91 Å². The Bertz CT molecular complexity index is 976. The highest BCUT2D eigenvalue weighted by atomic mass is 32.2. The minimum absolute atomic E-state index is 0.132. The highest BCUT2D eigenvalue weighted by molar-refractivity contribution is 8.01. The second-order valence-electron chi connectivity index (χ2n) is 5.76. The lowest BCUT2D eigenvalue weighted by Crippen LogP contribution is -2.19. The van der Waals surface area contributed by atoms with E-state index in [1.807, 2.05) is 37.3 Å². The molecule has 3 rings (SSSR count). The largest absolute Gasteiger partial charge is 0.319 e. The number of rotatable bonds is 6. The third-order valence-electron chi connectivity index (χ3n) is 3.67. The molecule has 138 valence electrons. The number of aromatic nitrogens is 2. The van der Waals surface area contributed by atoms with Crippen LogP contribution in [-0.4, -0.2) is 21.0 Å². The fourth-order valence-corrected chi connectivity index (χ4v) is 4.43. The van der Waals surface area contributed by atoms with Gasteiger partial charge in [0.1, 0.15) is 15.9 Å². The first-order chi connectivity index (χ1) is 12.9. The number of thioether (sulfide) groups is 1. The van der Waals surface area contributed by atoms with Gasteiger partial charge in [-0.15, -0.1) is 10.2 Å². The van der Waals surface area contributed by atoms with E-state index in [1.54, 1.807) is 19.1 Å². The maximum atomic E-state index is 13.0. The zero-order valence-electron chi connectivity index (χ0n) is 14.6. The molecule has 1 atom stereocenters. The minimum atomic E-state index is -0.612. The van der Waals surface area contributed by atoms with Crippen molar-refractivity contribution in [3.8, 4) is 0 Å². The molecule has 1 N–H and O–H groups in total. The summed E-state index contributed by atoms with van der Waals surface area (Å²) in [5.74, 6) is -0.356. The van der Waals surface area contributed by atoms with Crippen LogP contribution in [0.1, 0.15) is 21.4 Å². The van der Waals surface area contributed by atoms with Gasteiger partial charge >= 0.3 is 0 Å². The van der Waals surface area contributed by atoms with Gasteiger partial charge in [-0.1, -0.05) is 59.5 Å². The molecule has 0 aliphatic rings. The lowest BCUT2D eigenvalue weighted by Gasteiger charge is -2.15. The second-order valence-corrected chi connectivity index (χ2v) is 8.30. The van der Waals surface area contributed by atoms with Crippen LogP contribution in [0, 0.1) is 24.0 Å². The standard InChI is InChI=1S/C18H16N4O3S2/c1-11-8-9-14(15(10-11)22(24)25)19-17(23)16(13-6-4-3-5-7-13)27-18-21-20-12(2)26-18/h3-10,16H,1-2H3,(H,19,23)/t16-/m1/s1. The van der Waals surface area contributed by atoms with Gasteiger partial charge < -0.3 is 5.32 Å². The Morgan fingerprint density at radius 1 is 1.19 bits per heavy atom. The number of nitrogens with zero attached hydrogens (tertiary/aromatic N) is 3. The summed E-state index contributed by atoms with van der Waals surface area (Å²) in [4.78, 5) is 23.8. The summed E-state index contributed by atoms with van der Waals surface area (Å²) in [6.07, 6.45) is 0. The van der Waals surface area contributed by atoms with Crippen molar-refractivity contribution >= 4 is 40.4 Å². The number of nitro groups is 1. The summed E-state index contributed by atoms with van der Waals surface area (Å²) in [5.41, 5.74) is 1.57. The molecule has 0 aliphatic carbocycles. The quantitative estimate of drug-likeness (QED) is 0.371. The third-order valence-corrected chi connectivity index (χ3v) is 5.85. The summed E-state index contributed by atoms with van der Waals surface area (Å²) in [6, 6.07) is 13.9. The molecule has 0 unspecified atom stereocenters. The maximum Gasteiger partial charge on any atom is 0.293 e. The molecule has 9 heteroatoms. The van der Waals surface area contributed by atoms with Crippen LogP contribution in [0.2, 0.25) is 0 Å². The smallest absolute Gasteiger partial charge is 0.293 e. The molecule has 1 heterocycles. The van der Waals surface area contributed by atoms with Crippen molar-refractivity contribution in [3.63, 3.8) is 0 Å². The van der Waals surface area contributed by atoms with Gasteiger partial charge in [-0.2, -0.15) is 0 Å². The Hall–Kier alpha value is -2.78. The normalized spacial score (nSPS) is 11.8. The lowest BCUT2D eigenvalue weighted by molar-refractivity contribution is -0.384. The molecule has 0 spiro atoms. The third kappa shape index (κ3) is 4.69. The number of nitro benzene ring substituents is 1. The SMILES string of the molecule is Cc1ccc(NC(=O)[C@H](Sc2nnc(C)s2)c2ccccc2)c([N+](=O)[O-])c1. The second kappa shape index (κ2) is 8.28. The van der Waals surface area contributed by atoms with E-state index in [2.05, 4.69) is 15.5 Å². The van der Waals surface area contributed by atoms with Crippen molar-refractivity contribution in [2.24, 2.45) is 0 Å². The zero-order valence-corrected chi connectivity index (χ0v) is 16.2. The van der Waals surface area contributed by atoms with Gasteiger partial charge in [0, 0.05) is 6.07 Å². The van der Waals surface area contributed by atoms with Crippen LogP contribution in [0.15, 0.2) is 52.9 Å². The van der Waals surface area contributed by atoms with Crippen molar-refractivity contribution < 1.29 is 9.72 Å². The first-order valence-electron chi connectivity index (χ1n) is 8.01. The van der Waals surface area contributed by atoms with Crippen LogP contribution in [0.4, 0.5) is 11.4 Å². The molecule has 1 amide bonds. The minimum Gasteiger partial charge on any atom is -0.319 e. The number of anilines is 1. The van der Waals surface area contributed by atoms with Crippen molar-refractivity contribution in [1.82, 2.24) is 10.2 Å². The summed E-state index contributed by atoms with van der Waals surface area (Å²) < 4.78 is 0.662. The Morgan fingerprint density at radius 2 is 1.93 bits per heavy atom. The van der Waals surface area contributed by atoms with Crippen LogP contribution < -0.4 is 5.32 Å². The number of benzene rings is 2. The van der Waals surface area contributed by atoms with Gasteiger partial charge in [0.15, 0.2) is 4.34 Å². The van der Waals surface area contributed by atoms with Crippen molar-refractivity contribution in [2.75, 3.05) is 5.32 Å². The summed E-state index contributed by atoms with van der Waals surface area (Å²) in [6.45, 7) is 3.61. The van der Waals surface area contributed by atoms with Crippen LogP contribution >= 0.6 is 23.1 Å². The van der Waals surface area contributed by atoms with Crippen molar-refractivity contribution in [1.29, 1.82) is 0 Å². The molecular weight excluding hydrogens is 384 g/mol. The number of hydrogen-bond acceptors (Lipinski definition) is 7. The summed E-state index contributed by atoms with van der Waals surface area (Å²) >= 11 is 2.67. The molecule has 0 fully saturated rings. The van der Waals surface area contributed by atoms with Gasteiger partial charge in [0.25, 0.3) is 5.69 Å². The molecule has 3 aromatic rings.